The van der Waals surface area contributed by atoms with Gasteiger partial charge >= 0.3 is 26.2 Å². The molecule has 0 atom stereocenters. The van der Waals surface area contributed by atoms with Gasteiger partial charge in [0.2, 0.25) is 0 Å². The maximum atomic E-state index is 8.59. The van der Waals surface area contributed by atoms with Gasteiger partial charge < -0.3 is 10.2 Å². The average Bonchev–Trinajstić information content (AvgIpc) is 3.31. The Labute approximate surface area is 185 Å². The molecule has 0 spiro atoms. The molecular formula is C18H16Cl2O2S2Zr. The van der Waals surface area contributed by atoms with E-state index in [-0.39, 0.29) is 36.3 Å². The molecule has 0 radical (unpaired) electrons. The van der Waals surface area contributed by atoms with Gasteiger partial charge in [-0.3, -0.25) is 12.2 Å². The van der Waals surface area contributed by atoms with Crippen molar-refractivity contribution in [3.63, 3.8) is 0 Å². The number of hydrogen-bond acceptors (Lipinski definition) is 4. The zero-order valence-corrected chi connectivity index (χ0v) is 18.8. The molecule has 0 amide bonds. The molecule has 2 aromatic heterocycles. The molecule has 7 heteroatoms. The van der Waals surface area contributed by atoms with Crippen LogP contribution in [0.15, 0.2) is 59.3 Å². The second-order valence-electron chi connectivity index (χ2n) is 4.21. The number of thiophene rings is 2. The number of halogens is 2. The van der Waals surface area contributed by atoms with Crippen molar-refractivity contribution in [2.75, 3.05) is 0 Å². The molecule has 0 aromatic carbocycles. The first-order valence-electron chi connectivity index (χ1n) is 6.87. The summed E-state index contributed by atoms with van der Waals surface area (Å²) < 4.78 is 0. The summed E-state index contributed by atoms with van der Waals surface area (Å²) in [5, 5.41) is 22.3. The SMILES string of the molecule is Oc1cc(Cl)cs1.Oc1cc(Cl)cs1.[C-]1=CC=CC1.[C-]1=CC=CC1.[Zr+2]. The van der Waals surface area contributed by atoms with E-state index < -0.39 is 0 Å². The zero-order valence-electron chi connectivity index (χ0n) is 13.2. The Morgan fingerprint density at radius 1 is 0.800 bits per heavy atom. The normalized spacial score (nSPS) is 12.2. The van der Waals surface area contributed by atoms with Crippen molar-refractivity contribution in [1.29, 1.82) is 0 Å². The van der Waals surface area contributed by atoms with E-state index in [1.165, 1.54) is 34.8 Å². The monoisotopic (exact) mass is 488 g/mol. The number of hydrogen-bond donors (Lipinski definition) is 2. The van der Waals surface area contributed by atoms with Crippen LogP contribution in [0.3, 0.4) is 0 Å². The van der Waals surface area contributed by atoms with E-state index in [0.717, 1.165) is 12.8 Å². The molecule has 2 heterocycles. The maximum absolute atomic E-state index is 8.59. The molecule has 0 fully saturated rings. The minimum atomic E-state index is 0. The third-order valence-electron chi connectivity index (χ3n) is 2.28. The van der Waals surface area contributed by atoms with E-state index in [1.54, 1.807) is 10.8 Å². The molecule has 2 aromatic rings. The summed E-state index contributed by atoms with van der Waals surface area (Å²) in [7, 11) is 0. The molecule has 0 saturated heterocycles. The van der Waals surface area contributed by atoms with Crippen LogP contribution in [0.1, 0.15) is 12.8 Å². The van der Waals surface area contributed by atoms with E-state index >= 15 is 0 Å². The fourth-order valence-corrected chi connectivity index (χ4v) is 2.88. The summed E-state index contributed by atoms with van der Waals surface area (Å²) in [6, 6.07) is 3.01. The molecule has 2 N–H and O–H groups in total. The Kier molecular flexibility index (Phi) is 15.3. The molecule has 25 heavy (non-hydrogen) atoms. The quantitative estimate of drug-likeness (QED) is 0.398. The molecule has 2 aliphatic carbocycles. The Balaban J connectivity index is 0.000000307. The standard InChI is InChI=1S/2C5H5.2C4H3ClOS.Zr/c2*1-2-4-5-3-1;2*5-3-1-4(6)7-2-3;/h2*1-3H,4H2;2*1-2,6H;/q2*-1;;;+2. The van der Waals surface area contributed by atoms with Gasteiger partial charge in [-0.25, -0.2) is 24.3 Å². The second-order valence-corrected chi connectivity index (χ2v) is 6.86. The van der Waals surface area contributed by atoms with E-state index in [1.807, 2.05) is 24.3 Å². The van der Waals surface area contributed by atoms with E-state index in [9.17, 15) is 0 Å². The molecule has 0 bridgehead atoms. The predicted molar refractivity (Wildman–Crippen MR) is 105 cm³/mol. The number of aromatic hydroxyl groups is 2. The van der Waals surface area contributed by atoms with Crippen molar-refractivity contribution < 1.29 is 36.4 Å². The van der Waals surface area contributed by atoms with Gasteiger partial charge in [0.15, 0.2) is 10.1 Å². The summed E-state index contributed by atoms with van der Waals surface area (Å²) in [4.78, 5) is 0. The third kappa shape index (κ3) is 14.3. The van der Waals surface area contributed by atoms with Crippen LogP contribution in [0, 0.1) is 12.2 Å². The molecule has 2 aliphatic rings. The van der Waals surface area contributed by atoms with E-state index in [2.05, 4.69) is 24.3 Å². The second kappa shape index (κ2) is 15.7. The minimum Gasteiger partial charge on any atom is -0.499 e. The van der Waals surface area contributed by atoms with Crippen LogP contribution in [0.25, 0.3) is 0 Å². The maximum Gasteiger partial charge on any atom is 2.00 e. The minimum absolute atomic E-state index is 0. The first-order valence-corrected chi connectivity index (χ1v) is 9.39. The largest absolute Gasteiger partial charge is 2.00 e. The van der Waals surface area contributed by atoms with Crippen molar-refractivity contribution >= 4 is 45.9 Å². The average molecular weight is 491 g/mol. The summed E-state index contributed by atoms with van der Waals surface area (Å²) in [6.45, 7) is 0. The van der Waals surface area contributed by atoms with Crippen LogP contribution in [0.2, 0.25) is 10.0 Å². The molecule has 2 nitrogen and oxygen atoms in total. The third-order valence-corrected chi connectivity index (χ3v) is 4.44. The smallest absolute Gasteiger partial charge is 0.499 e. The Morgan fingerprint density at radius 3 is 1.28 bits per heavy atom. The van der Waals surface area contributed by atoms with Gasteiger partial charge in [0.25, 0.3) is 0 Å². The van der Waals surface area contributed by atoms with Gasteiger partial charge in [-0.05, 0) is 0 Å². The first-order chi connectivity index (χ1) is 11.6. The Hall–Kier alpha value is -0.577. The molecule has 0 unspecified atom stereocenters. The summed E-state index contributed by atoms with van der Waals surface area (Å²) in [6.07, 6.45) is 20.0. The fraction of sp³-hybridized carbons (Fsp3) is 0.111. The topological polar surface area (TPSA) is 40.5 Å². The summed E-state index contributed by atoms with van der Waals surface area (Å²) in [5.41, 5.74) is 0. The predicted octanol–water partition coefficient (Wildman–Crippen LogP) is 6.82. The van der Waals surface area contributed by atoms with Crippen LogP contribution in [-0.4, -0.2) is 10.2 Å². The summed E-state index contributed by atoms with van der Waals surface area (Å²) in [5.74, 6) is 0. The van der Waals surface area contributed by atoms with Gasteiger partial charge in [-0.2, -0.15) is 12.2 Å². The van der Waals surface area contributed by atoms with Gasteiger partial charge in [-0.15, -0.1) is 35.5 Å². The van der Waals surface area contributed by atoms with Crippen molar-refractivity contribution in [3.8, 4) is 10.1 Å². The number of rotatable bonds is 0. The van der Waals surface area contributed by atoms with Gasteiger partial charge in [0.05, 0.1) is 10.0 Å². The van der Waals surface area contributed by atoms with Gasteiger partial charge in [0.1, 0.15) is 0 Å². The van der Waals surface area contributed by atoms with Crippen molar-refractivity contribution in [2.24, 2.45) is 0 Å². The van der Waals surface area contributed by atoms with Crippen molar-refractivity contribution in [2.45, 2.75) is 12.8 Å². The Morgan fingerprint density at radius 2 is 1.20 bits per heavy atom. The first kappa shape index (κ1) is 24.4. The fourth-order valence-electron chi connectivity index (χ4n) is 1.29. The molecule has 4 rings (SSSR count). The van der Waals surface area contributed by atoms with Crippen molar-refractivity contribution in [3.05, 3.63) is 81.5 Å². The van der Waals surface area contributed by atoms with Crippen LogP contribution in [-0.2, 0) is 26.2 Å². The van der Waals surface area contributed by atoms with Crippen LogP contribution < -0.4 is 0 Å². The Bertz CT molecular complexity index is 590. The van der Waals surface area contributed by atoms with Crippen LogP contribution >= 0.6 is 45.9 Å². The molecule has 0 aliphatic heterocycles. The van der Waals surface area contributed by atoms with Crippen molar-refractivity contribution in [1.82, 2.24) is 0 Å². The summed E-state index contributed by atoms with van der Waals surface area (Å²) >= 11 is 13.3. The van der Waals surface area contributed by atoms with E-state index in [4.69, 9.17) is 33.4 Å². The van der Waals surface area contributed by atoms with Crippen LogP contribution in [0.4, 0.5) is 0 Å². The van der Waals surface area contributed by atoms with Gasteiger partial charge in [-0.1, -0.05) is 23.2 Å². The van der Waals surface area contributed by atoms with Gasteiger partial charge in [0, 0.05) is 22.9 Å². The molecule has 0 saturated carbocycles. The zero-order chi connectivity index (χ0) is 17.6. The molecular weight excluding hydrogens is 474 g/mol. The number of allylic oxidation sites excluding steroid dienone is 8. The van der Waals surface area contributed by atoms with E-state index in [0.29, 0.717) is 10.0 Å². The molecule has 130 valence electrons. The van der Waals surface area contributed by atoms with Crippen LogP contribution in [0.5, 0.6) is 10.1 Å².